The van der Waals surface area contributed by atoms with Crippen LogP contribution in [0.2, 0.25) is 0 Å². The molecule has 0 radical (unpaired) electrons. The number of ether oxygens (including phenoxy) is 8. The lowest BCUT2D eigenvalue weighted by atomic mass is 10.1. The zero-order valence-corrected chi connectivity index (χ0v) is 39.5. The maximum absolute atomic E-state index is 13.3. The van der Waals surface area contributed by atoms with Crippen LogP contribution in [0.1, 0.15) is 130 Å². The number of aromatic carboxylic acids is 2. The number of hydrogen-bond acceptors (Lipinski definition) is 16. The van der Waals surface area contributed by atoms with Gasteiger partial charge in [-0.1, -0.05) is 0 Å². The topological polar surface area (TPSA) is 275 Å². The van der Waals surface area contributed by atoms with Gasteiger partial charge >= 0.3 is 29.8 Å². The Bertz CT molecular complexity index is 2040. The molecule has 2 rings (SSSR count). The van der Waals surface area contributed by atoms with Crippen LogP contribution in [0.5, 0.6) is 11.5 Å². The van der Waals surface area contributed by atoms with Crippen LogP contribution in [-0.4, -0.2) is 139 Å². The number of carbonyl (C=O) groups excluding carboxylic acids is 6. The zero-order chi connectivity index (χ0) is 50.0. The number of rotatable bonds is 26. The summed E-state index contributed by atoms with van der Waals surface area (Å²) in [5.74, 6) is -7.77. The van der Waals surface area contributed by atoms with Crippen molar-refractivity contribution in [3.8, 4) is 11.5 Å². The molecule has 0 saturated carbocycles. The molecule has 0 spiro atoms. The minimum absolute atomic E-state index is 0.0145. The standard InChI is InChI=1S/C46H64N2O18/c1-43(2,3)63-27-46(10,11)66-42(58)35(49)12-13-47-37(51)28-20-30(39(53)54)24-32(22-28)61-18-16-59-14-15-60-17-19-62-33-23-29(21-31(25-33)40(55)56)38(52)48-34(41(57)65-45(7,8)9)26-36(50)64-44(4,5)6/h20-25,34H,12-19,26-27H2,1-11H3,(H,47,51)(H,48,52)(H,53,54)(H,55,56)/t34-/m0/s1. The van der Waals surface area contributed by atoms with Crippen LogP contribution >= 0.6 is 0 Å². The summed E-state index contributed by atoms with van der Waals surface area (Å²) in [7, 11) is 0. The van der Waals surface area contributed by atoms with E-state index in [1.165, 1.54) is 24.3 Å². The van der Waals surface area contributed by atoms with Crippen molar-refractivity contribution in [3.63, 3.8) is 0 Å². The van der Waals surface area contributed by atoms with E-state index in [9.17, 15) is 48.6 Å². The molecule has 20 nitrogen and oxygen atoms in total. The largest absolute Gasteiger partial charge is 0.491 e. The Morgan fingerprint density at radius 3 is 1.47 bits per heavy atom. The SMILES string of the molecule is CC(C)(C)OCC(C)(C)OC(=O)C(=O)CCNC(=O)c1cc(OCCOCCOCCOc2cc(C(=O)O)cc(C(=O)N[C@@H](CC(=O)OC(C)(C)C)C(=O)OC(C)(C)C)c2)cc(C(=O)O)c1. The fourth-order valence-electron chi connectivity index (χ4n) is 5.21. The Labute approximate surface area is 384 Å². The van der Waals surface area contributed by atoms with Gasteiger partial charge in [0, 0.05) is 24.1 Å². The van der Waals surface area contributed by atoms with Crippen LogP contribution in [0, 0.1) is 0 Å². The summed E-state index contributed by atoms with van der Waals surface area (Å²) in [6.07, 6.45) is -0.903. The average Bonchev–Trinajstić information content (AvgIpc) is 3.18. The van der Waals surface area contributed by atoms with Gasteiger partial charge in [-0.2, -0.15) is 0 Å². The molecule has 66 heavy (non-hydrogen) atoms. The summed E-state index contributed by atoms with van der Waals surface area (Å²) in [5.41, 5.74) is -4.10. The summed E-state index contributed by atoms with van der Waals surface area (Å²) < 4.78 is 43.9. The minimum Gasteiger partial charge on any atom is -0.491 e. The molecule has 0 fully saturated rings. The van der Waals surface area contributed by atoms with Gasteiger partial charge in [0.2, 0.25) is 5.78 Å². The second kappa shape index (κ2) is 25.0. The molecular formula is C46H64N2O18. The predicted octanol–water partition coefficient (Wildman–Crippen LogP) is 4.57. The average molecular weight is 933 g/mol. The van der Waals surface area contributed by atoms with E-state index < -0.39 is 82.3 Å². The van der Waals surface area contributed by atoms with Gasteiger partial charge in [-0.25, -0.2) is 19.2 Å². The molecule has 1 atom stereocenters. The van der Waals surface area contributed by atoms with E-state index in [1.54, 1.807) is 55.4 Å². The molecule has 0 aliphatic heterocycles. The molecule has 0 aliphatic carbocycles. The number of hydrogen-bond donors (Lipinski definition) is 4. The second-order valence-electron chi connectivity index (χ2n) is 18.4. The van der Waals surface area contributed by atoms with E-state index in [0.29, 0.717) is 0 Å². The van der Waals surface area contributed by atoms with Crippen LogP contribution in [0.25, 0.3) is 0 Å². The summed E-state index contributed by atoms with van der Waals surface area (Å²) in [4.78, 5) is 100. The van der Waals surface area contributed by atoms with Crippen molar-refractivity contribution < 1.29 is 86.5 Å². The van der Waals surface area contributed by atoms with Gasteiger partial charge in [-0.3, -0.25) is 19.2 Å². The quantitative estimate of drug-likeness (QED) is 0.0435. The number of ketones is 1. The van der Waals surface area contributed by atoms with Crippen LogP contribution in [0.15, 0.2) is 36.4 Å². The summed E-state index contributed by atoms with van der Waals surface area (Å²) in [5, 5.41) is 24.2. The van der Waals surface area contributed by atoms with Gasteiger partial charge in [-0.15, -0.1) is 0 Å². The van der Waals surface area contributed by atoms with Gasteiger partial charge in [0.25, 0.3) is 11.8 Å². The number of nitrogens with one attached hydrogen (secondary N) is 2. The highest BCUT2D eigenvalue weighted by molar-refractivity contribution is 6.33. The minimum atomic E-state index is -1.45. The molecule has 2 aromatic rings. The van der Waals surface area contributed by atoms with Crippen LogP contribution in [0.4, 0.5) is 0 Å². The van der Waals surface area contributed by atoms with E-state index in [4.69, 9.17) is 37.9 Å². The number of amides is 2. The van der Waals surface area contributed by atoms with Crippen molar-refractivity contribution in [3.05, 3.63) is 58.7 Å². The third-order valence-electron chi connectivity index (χ3n) is 8.07. The van der Waals surface area contributed by atoms with Crippen molar-refractivity contribution in [2.75, 3.05) is 52.8 Å². The van der Waals surface area contributed by atoms with E-state index in [2.05, 4.69) is 10.6 Å². The van der Waals surface area contributed by atoms with Crippen molar-refractivity contribution in [1.29, 1.82) is 0 Å². The maximum atomic E-state index is 13.3. The predicted molar refractivity (Wildman–Crippen MR) is 235 cm³/mol. The smallest absolute Gasteiger partial charge is 0.375 e. The Morgan fingerprint density at radius 1 is 0.561 bits per heavy atom. The van der Waals surface area contributed by atoms with E-state index >= 15 is 0 Å². The van der Waals surface area contributed by atoms with Gasteiger partial charge < -0.3 is 58.7 Å². The molecule has 20 heteroatoms. The highest BCUT2D eigenvalue weighted by Gasteiger charge is 2.32. The lowest BCUT2D eigenvalue weighted by Gasteiger charge is -2.29. The van der Waals surface area contributed by atoms with Crippen LogP contribution < -0.4 is 20.1 Å². The Morgan fingerprint density at radius 2 is 1.02 bits per heavy atom. The molecule has 4 N–H and O–H groups in total. The number of Topliss-reactive ketones (excluding diaryl/α,β-unsaturated/α-hetero) is 1. The molecule has 2 aromatic carbocycles. The Kier molecular flexibility index (Phi) is 21.2. The molecule has 0 aromatic heterocycles. The first-order valence-corrected chi connectivity index (χ1v) is 21.1. The number of esters is 3. The second-order valence-corrected chi connectivity index (χ2v) is 18.4. The van der Waals surface area contributed by atoms with Crippen molar-refractivity contribution in [2.45, 2.75) is 117 Å². The van der Waals surface area contributed by atoms with E-state index in [0.717, 1.165) is 12.1 Å². The van der Waals surface area contributed by atoms with Crippen molar-refractivity contribution in [2.24, 2.45) is 0 Å². The molecule has 366 valence electrons. The highest BCUT2D eigenvalue weighted by atomic mass is 16.6. The lowest BCUT2D eigenvalue weighted by molar-refractivity contribution is -0.172. The number of carbonyl (C=O) groups is 8. The first kappa shape index (κ1) is 56.0. The van der Waals surface area contributed by atoms with Gasteiger partial charge in [0.1, 0.15) is 47.6 Å². The molecule has 0 aliphatic rings. The first-order chi connectivity index (χ1) is 30.4. The summed E-state index contributed by atoms with van der Waals surface area (Å²) in [6.45, 7) is 18.6. The Balaban J connectivity index is 1.86. The summed E-state index contributed by atoms with van der Waals surface area (Å²) in [6, 6.07) is 5.78. The monoisotopic (exact) mass is 932 g/mol. The molecule has 0 unspecified atom stereocenters. The molecule has 2 amide bonds. The zero-order valence-electron chi connectivity index (χ0n) is 39.5. The number of carboxylic acid groups (broad SMARTS) is 2. The highest BCUT2D eigenvalue weighted by Crippen LogP contribution is 2.21. The Hall–Kier alpha value is -6.12. The van der Waals surface area contributed by atoms with E-state index in [1.807, 2.05) is 20.8 Å². The first-order valence-electron chi connectivity index (χ1n) is 21.1. The molecular weight excluding hydrogens is 869 g/mol. The lowest BCUT2D eigenvalue weighted by Crippen LogP contribution is -2.46. The van der Waals surface area contributed by atoms with Gasteiger partial charge in [0.15, 0.2) is 0 Å². The fourth-order valence-corrected chi connectivity index (χ4v) is 5.21. The number of carboxylic acids is 2. The van der Waals surface area contributed by atoms with Gasteiger partial charge in [-0.05, 0) is 113 Å². The van der Waals surface area contributed by atoms with Crippen molar-refractivity contribution >= 4 is 47.4 Å². The molecule has 0 heterocycles. The summed E-state index contributed by atoms with van der Waals surface area (Å²) >= 11 is 0. The fraction of sp³-hybridized carbons (Fsp3) is 0.565. The molecule has 0 bridgehead atoms. The third kappa shape index (κ3) is 22.7. The van der Waals surface area contributed by atoms with E-state index in [-0.39, 0.29) is 93.0 Å². The van der Waals surface area contributed by atoms with Gasteiger partial charge in [0.05, 0.1) is 56.2 Å². The third-order valence-corrected chi connectivity index (χ3v) is 8.07. The van der Waals surface area contributed by atoms with Crippen molar-refractivity contribution in [1.82, 2.24) is 10.6 Å². The van der Waals surface area contributed by atoms with Crippen LogP contribution in [-0.2, 0) is 47.6 Å². The van der Waals surface area contributed by atoms with Crippen LogP contribution in [0.3, 0.4) is 0 Å². The normalized spacial score (nSPS) is 12.3. The molecule has 0 saturated heterocycles. The maximum Gasteiger partial charge on any atom is 0.375 e. The number of benzene rings is 2.